The number of methoxy groups -OCH3 is 1. The van der Waals surface area contributed by atoms with Gasteiger partial charge in [-0.05, 0) is 40.8 Å². The van der Waals surface area contributed by atoms with Crippen molar-refractivity contribution >= 4 is 11.4 Å². The van der Waals surface area contributed by atoms with Gasteiger partial charge in [-0.2, -0.15) is 0 Å². The number of Topliss-reactive ketones (excluding diaryl/α,β-unsaturated/α-hetero) is 1. The summed E-state index contributed by atoms with van der Waals surface area (Å²) in [4.78, 5) is 14.5. The molecule has 0 aromatic heterocycles. The van der Waals surface area contributed by atoms with Gasteiger partial charge in [0, 0.05) is 36.4 Å². The van der Waals surface area contributed by atoms with Crippen molar-refractivity contribution in [2.75, 3.05) is 20.2 Å². The van der Waals surface area contributed by atoms with E-state index in [1.54, 1.807) is 13.2 Å². The third kappa shape index (κ3) is 2.56. The molecule has 1 heterocycles. The average molecular weight is 331 g/mol. The summed E-state index contributed by atoms with van der Waals surface area (Å²) in [5, 5.41) is 0. The fourth-order valence-corrected chi connectivity index (χ4v) is 3.87. The third-order valence-corrected chi connectivity index (χ3v) is 5.27. The van der Waals surface area contributed by atoms with Crippen LogP contribution in [-0.2, 0) is 11.2 Å². The van der Waals surface area contributed by atoms with E-state index in [0.717, 1.165) is 36.4 Å². The standard InChI is InChI=1S/C22H21NO2/c1-14-5-4-6-16(22(14)24)13-23-10-9-20-19-8-7-18(25-3)11-17(19)12-21(20)15(23)2/h4-8,11H,1-2,9-10,12-13H2,3H3. The summed E-state index contributed by atoms with van der Waals surface area (Å²) in [7, 11) is 1.70. The van der Waals surface area contributed by atoms with Gasteiger partial charge in [-0.15, -0.1) is 0 Å². The van der Waals surface area contributed by atoms with Gasteiger partial charge < -0.3 is 9.64 Å². The van der Waals surface area contributed by atoms with Crippen LogP contribution < -0.4 is 4.74 Å². The predicted octanol–water partition coefficient (Wildman–Crippen LogP) is 3.85. The second kappa shape index (κ2) is 5.92. The number of hydrogen-bond donors (Lipinski definition) is 0. The molecule has 0 N–H and O–H groups in total. The lowest BCUT2D eigenvalue weighted by Gasteiger charge is -2.33. The first-order chi connectivity index (χ1) is 12.1. The Labute approximate surface area is 148 Å². The molecular formula is C22H21NO2. The van der Waals surface area contributed by atoms with Crippen LogP contribution in [0.1, 0.15) is 17.5 Å². The smallest absolute Gasteiger partial charge is 0.190 e. The highest BCUT2D eigenvalue weighted by Crippen LogP contribution is 2.43. The highest BCUT2D eigenvalue weighted by atomic mass is 16.5. The van der Waals surface area contributed by atoms with Gasteiger partial charge in [0.05, 0.1) is 7.11 Å². The minimum atomic E-state index is 0.0366. The van der Waals surface area contributed by atoms with Crippen LogP contribution in [0.2, 0.25) is 0 Å². The van der Waals surface area contributed by atoms with Crippen molar-refractivity contribution in [1.82, 2.24) is 4.90 Å². The Morgan fingerprint density at radius 2 is 2.08 bits per heavy atom. The normalized spacial score (nSPS) is 19.2. The molecule has 3 nitrogen and oxygen atoms in total. The van der Waals surface area contributed by atoms with Crippen molar-refractivity contribution in [2.45, 2.75) is 12.8 Å². The molecule has 126 valence electrons. The number of fused-ring (bicyclic) bond motifs is 2. The molecule has 0 amide bonds. The molecule has 0 spiro atoms. The lowest BCUT2D eigenvalue weighted by atomic mass is 9.94. The molecule has 3 aliphatic rings. The first kappa shape index (κ1) is 15.7. The molecule has 1 aromatic carbocycles. The van der Waals surface area contributed by atoms with E-state index < -0.39 is 0 Å². The average Bonchev–Trinajstić information content (AvgIpc) is 2.99. The van der Waals surface area contributed by atoms with Gasteiger partial charge in [-0.1, -0.05) is 37.5 Å². The molecule has 0 unspecified atom stereocenters. The molecule has 25 heavy (non-hydrogen) atoms. The Bertz CT molecular complexity index is 899. The Hall–Kier alpha value is -2.81. The topological polar surface area (TPSA) is 29.5 Å². The van der Waals surface area contributed by atoms with Gasteiger partial charge >= 0.3 is 0 Å². The third-order valence-electron chi connectivity index (χ3n) is 5.27. The van der Waals surface area contributed by atoms with Gasteiger partial charge in [0.15, 0.2) is 5.78 Å². The molecule has 0 saturated carbocycles. The molecule has 2 aliphatic carbocycles. The van der Waals surface area contributed by atoms with Gasteiger partial charge in [0.25, 0.3) is 0 Å². The maximum atomic E-state index is 12.3. The zero-order valence-electron chi connectivity index (χ0n) is 14.5. The SMILES string of the molecule is C=C1C=CC=C(CN2CCC3=C(Cc4cc(OC)ccc43)C2=C)C1=O. The van der Waals surface area contributed by atoms with Gasteiger partial charge in [0.2, 0.25) is 0 Å². The second-order valence-corrected chi connectivity index (χ2v) is 6.68. The quantitative estimate of drug-likeness (QED) is 0.788. The van der Waals surface area contributed by atoms with Crippen molar-refractivity contribution in [3.05, 3.63) is 83.1 Å². The van der Waals surface area contributed by atoms with Gasteiger partial charge in [0.1, 0.15) is 5.75 Å². The van der Waals surface area contributed by atoms with Crippen LogP contribution in [0.3, 0.4) is 0 Å². The fourth-order valence-electron chi connectivity index (χ4n) is 3.87. The lowest BCUT2D eigenvalue weighted by Crippen LogP contribution is -2.32. The predicted molar refractivity (Wildman–Crippen MR) is 100 cm³/mol. The van der Waals surface area contributed by atoms with E-state index in [-0.39, 0.29) is 5.78 Å². The van der Waals surface area contributed by atoms with Crippen molar-refractivity contribution < 1.29 is 9.53 Å². The van der Waals surface area contributed by atoms with E-state index in [1.807, 2.05) is 18.2 Å². The van der Waals surface area contributed by atoms with E-state index in [0.29, 0.717) is 12.1 Å². The molecule has 1 aliphatic heterocycles. The Morgan fingerprint density at radius 3 is 2.88 bits per heavy atom. The Morgan fingerprint density at radius 1 is 1.24 bits per heavy atom. The Balaban J connectivity index is 1.57. The van der Waals surface area contributed by atoms with Crippen molar-refractivity contribution in [3.63, 3.8) is 0 Å². The molecule has 0 fully saturated rings. The van der Waals surface area contributed by atoms with E-state index in [9.17, 15) is 4.79 Å². The van der Waals surface area contributed by atoms with Crippen LogP contribution in [0.25, 0.3) is 5.57 Å². The molecule has 1 aromatic rings. The highest BCUT2D eigenvalue weighted by Gasteiger charge is 2.30. The molecule has 0 saturated heterocycles. The number of carbonyl (C=O) groups is 1. The van der Waals surface area contributed by atoms with Crippen LogP contribution in [0.5, 0.6) is 5.75 Å². The summed E-state index contributed by atoms with van der Waals surface area (Å²) in [5.41, 5.74) is 7.69. The highest BCUT2D eigenvalue weighted by molar-refractivity contribution is 6.11. The minimum Gasteiger partial charge on any atom is -0.497 e. The number of ketones is 1. The van der Waals surface area contributed by atoms with E-state index >= 15 is 0 Å². The lowest BCUT2D eigenvalue weighted by molar-refractivity contribution is -0.112. The zero-order chi connectivity index (χ0) is 17.6. The number of allylic oxidation sites excluding steroid dienone is 5. The van der Waals surface area contributed by atoms with Gasteiger partial charge in [-0.3, -0.25) is 4.79 Å². The van der Waals surface area contributed by atoms with Crippen molar-refractivity contribution in [2.24, 2.45) is 0 Å². The summed E-state index contributed by atoms with van der Waals surface area (Å²) in [6.45, 7) is 9.62. The minimum absolute atomic E-state index is 0.0366. The molecule has 0 atom stereocenters. The maximum absolute atomic E-state index is 12.3. The maximum Gasteiger partial charge on any atom is 0.190 e. The number of nitrogens with zero attached hydrogens (tertiary/aromatic N) is 1. The van der Waals surface area contributed by atoms with E-state index in [2.05, 4.69) is 30.2 Å². The number of carbonyl (C=O) groups excluding carboxylic acids is 1. The summed E-state index contributed by atoms with van der Waals surface area (Å²) >= 11 is 0. The van der Waals surface area contributed by atoms with Crippen LogP contribution in [-0.4, -0.2) is 30.9 Å². The second-order valence-electron chi connectivity index (χ2n) is 6.68. The molecule has 0 bridgehead atoms. The first-order valence-electron chi connectivity index (χ1n) is 8.53. The van der Waals surface area contributed by atoms with E-state index in [1.165, 1.54) is 22.3 Å². The monoisotopic (exact) mass is 331 g/mol. The van der Waals surface area contributed by atoms with Gasteiger partial charge in [-0.25, -0.2) is 0 Å². The molecule has 4 rings (SSSR count). The number of ether oxygens (including phenoxy) is 1. The molecule has 3 heteroatoms. The zero-order valence-corrected chi connectivity index (χ0v) is 14.5. The number of rotatable bonds is 3. The van der Waals surface area contributed by atoms with Crippen LogP contribution in [0.4, 0.5) is 0 Å². The largest absolute Gasteiger partial charge is 0.497 e. The summed E-state index contributed by atoms with van der Waals surface area (Å²) in [6.07, 6.45) is 7.41. The van der Waals surface area contributed by atoms with Crippen LogP contribution in [0, 0.1) is 0 Å². The van der Waals surface area contributed by atoms with Crippen molar-refractivity contribution in [1.29, 1.82) is 0 Å². The summed E-state index contributed by atoms with van der Waals surface area (Å²) in [5.74, 6) is 0.929. The number of benzene rings is 1. The Kier molecular flexibility index (Phi) is 3.72. The number of hydrogen-bond acceptors (Lipinski definition) is 3. The summed E-state index contributed by atoms with van der Waals surface area (Å²) < 4.78 is 5.35. The summed E-state index contributed by atoms with van der Waals surface area (Å²) in [6, 6.07) is 6.29. The van der Waals surface area contributed by atoms with E-state index in [4.69, 9.17) is 4.74 Å². The fraction of sp³-hybridized carbons (Fsp3) is 0.227. The van der Waals surface area contributed by atoms with Crippen LogP contribution >= 0.6 is 0 Å². The van der Waals surface area contributed by atoms with Crippen LogP contribution in [0.15, 0.2) is 72.0 Å². The van der Waals surface area contributed by atoms with Crippen molar-refractivity contribution in [3.8, 4) is 5.75 Å². The molecule has 0 radical (unpaired) electrons. The molecular weight excluding hydrogens is 310 g/mol. The first-order valence-corrected chi connectivity index (χ1v) is 8.53.